The Morgan fingerprint density at radius 2 is 1.77 bits per heavy atom. The van der Waals surface area contributed by atoms with E-state index in [1.807, 2.05) is 30.3 Å². The van der Waals surface area contributed by atoms with Crippen molar-refractivity contribution in [1.82, 2.24) is 9.13 Å². The van der Waals surface area contributed by atoms with Crippen LogP contribution >= 0.6 is 0 Å². The summed E-state index contributed by atoms with van der Waals surface area (Å²) in [7, 11) is 1.15. The van der Waals surface area contributed by atoms with E-state index in [0.29, 0.717) is 6.20 Å². The number of hydrogen-bond acceptors (Lipinski definition) is 9. The maximum atomic E-state index is 14.8. The van der Waals surface area contributed by atoms with Gasteiger partial charge >= 0.3 is 17.6 Å². The molecule has 2 heterocycles. The molecule has 4 rings (SSSR count). The molecule has 1 fully saturated rings. The fourth-order valence-electron chi connectivity index (χ4n) is 4.13. The number of hydrogen-bond donors (Lipinski definition) is 0. The number of halogens is 1. The molecular weight excluding hydrogens is 515 g/mol. The lowest BCUT2D eigenvalue weighted by Crippen LogP contribution is -2.46. The molecule has 12 heteroatoms. The molecule has 1 saturated heterocycles. The fraction of sp³-hybridized carbons (Fsp3) is 0.296. The van der Waals surface area contributed by atoms with E-state index in [2.05, 4.69) is 4.74 Å². The lowest BCUT2D eigenvalue weighted by atomic mass is 10.1. The predicted molar refractivity (Wildman–Crippen MR) is 133 cm³/mol. The van der Waals surface area contributed by atoms with Crippen LogP contribution in [0, 0.1) is 5.82 Å². The van der Waals surface area contributed by atoms with E-state index in [1.54, 1.807) is 0 Å². The van der Waals surface area contributed by atoms with Crippen molar-refractivity contribution in [3.8, 4) is 0 Å². The molecule has 0 spiro atoms. The Morgan fingerprint density at radius 1 is 1.05 bits per heavy atom. The monoisotopic (exact) mass is 540 g/mol. The number of carbonyl (C=O) groups is 3. The van der Waals surface area contributed by atoms with Crippen LogP contribution in [0.15, 0.2) is 70.4 Å². The minimum Gasteiger partial charge on any atom is -0.465 e. The Balaban J connectivity index is 1.65. The number of aromatic nitrogens is 2. The lowest BCUT2D eigenvalue weighted by molar-refractivity contribution is -0.148. The van der Waals surface area contributed by atoms with Crippen LogP contribution in [0.5, 0.6) is 0 Å². The van der Waals surface area contributed by atoms with E-state index < -0.39 is 53.3 Å². The highest BCUT2D eigenvalue weighted by Gasteiger charge is 2.39. The highest BCUT2D eigenvalue weighted by Crippen LogP contribution is 2.31. The van der Waals surface area contributed by atoms with Crippen molar-refractivity contribution in [2.75, 3.05) is 13.7 Å². The van der Waals surface area contributed by atoms with Crippen molar-refractivity contribution >= 4 is 17.8 Å². The Hall–Kier alpha value is -4.42. The minimum absolute atomic E-state index is 0.000950. The third-order valence-electron chi connectivity index (χ3n) is 6.05. The third-order valence-corrected chi connectivity index (χ3v) is 6.05. The number of methoxy groups -OCH3 is 1. The molecule has 1 aliphatic heterocycles. The molecular formula is C27H25FN2O9. The first-order chi connectivity index (χ1) is 18.7. The van der Waals surface area contributed by atoms with Crippen molar-refractivity contribution in [1.29, 1.82) is 0 Å². The smallest absolute Gasteiger partial charge is 0.340 e. The van der Waals surface area contributed by atoms with Gasteiger partial charge in [0.2, 0.25) is 5.82 Å². The van der Waals surface area contributed by atoms with E-state index in [1.165, 1.54) is 25.1 Å². The van der Waals surface area contributed by atoms with Gasteiger partial charge in [0.25, 0.3) is 11.5 Å². The van der Waals surface area contributed by atoms with Crippen LogP contribution in [0.3, 0.4) is 0 Å². The van der Waals surface area contributed by atoms with Crippen LogP contribution in [0.1, 0.15) is 45.9 Å². The van der Waals surface area contributed by atoms with Gasteiger partial charge in [-0.1, -0.05) is 36.4 Å². The van der Waals surface area contributed by atoms with Crippen molar-refractivity contribution < 1.29 is 37.7 Å². The number of nitrogens with zero attached hydrogens (tertiary/aromatic N) is 2. The van der Waals surface area contributed by atoms with E-state index in [9.17, 15) is 28.4 Å². The van der Waals surface area contributed by atoms with E-state index in [4.69, 9.17) is 14.2 Å². The normalized spacial score (nSPS) is 18.5. The highest BCUT2D eigenvalue weighted by molar-refractivity contribution is 5.98. The van der Waals surface area contributed by atoms with E-state index in [0.717, 1.165) is 23.3 Å². The van der Waals surface area contributed by atoms with Gasteiger partial charge in [0.05, 0.1) is 31.6 Å². The molecule has 2 aromatic carbocycles. The van der Waals surface area contributed by atoms with E-state index in [-0.39, 0.29) is 35.3 Å². The van der Waals surface area contributed by atoms with Gasteiger partial charge in [-0.2, -0.15) is 8.96 Å². The van der Waals surface area contributed by atoms with Crippen molar-refractivity contribution in [2.45, 2.75) is 38.4 Å². The molecule has 3 aromatic rings. The Kier molecular flexibility index (Phi) is 8.47. The van der Waals surface area contributed by atoms with Crippen LogP contribution in [0.4, 0.5) is 4.39 Å². The molecule has 0 saturated carbocycles. The SMILES string of the molecule is COC(=O)c1cccc(C(=O)n2c(=O)c(F)cn([C@@H]3CC(OCc4ccccc4)[C@H](COC(C)=O)O3)c2=O)c1. The summed E-state index contributed by atoms with van der Waals surface area (Å²) in [4.78, 5) is 62.3. The topological polar surface area (TPSA) is 132 Å². The average Bonchev–Trinajstić information content (AvgIpc) is 3.35. The molecule has 0 amide bonds. The van der Waals surface area contributed by atoms with Gasteiger partial charge in [0.1, 0.15) is 18.9 Å². The maximum Gasteiger partial charge on any atom is 0.340 e. The molecule has 1 unspecified atom stereocenters. The third kappa shape index (κ3) is 6.19. The quantitative estimate of drug-likeness (QED) is 0.394. The first-order valence-corrected chi connectivity index (χ1v) is 11.9. The van der Waals surface area contributed by atoms with Gasteiger partial charge in [-0.3, -0.25) is 19.0 Å². The van der Waals surface area contributed by atoms with E-state index >= 15 is 0 Å². The number of ether oxygens (including phenoxy) is 4. The molecule has 11 nitrogen and oxygen atoms in total. The summed E-state index contributed by atoms with van der Waals surface area (Å²) in [6, 6.07) is 14.4. The van der Waals surface area contributed by atoms with Crippen molar-refractivity contribution in [3.05, 3.63) is 104 Å². The van der Waals surface area contributed by atoms with Gasteiger partial charge in [-0.15, -0.1) is 0 Å². The van der Waals surface area contributed by atoms with Gasteiger partial charge in [0.15, 0.2) is 0 Å². The van der Waals surface area contributed by atoms with Gasteiger partial charge in [0, 0.05) is 18.9 Å². The zero-order valence-electron chi connectivity index (χ0n) is 21.1. The summed E-state index contributed by atoms with van der Waals surface area (Å²) in [5, 5.41) is 0. The number of rotatable bonds is 8. The summed E-state index contributed by atoms with van der Waals surface area (Å²) in [5.74, 6) is -3.81. The Morgan fingerprint density at radius 3 is 2.46 bits per heavy atom. The second-order valence-electron chi connectivity index (χ2n) is 8.69. The largest absolute Gasteiger partial charge is 0.465 e. The van der Waals surface area contributed by atoms with Crippen molar-refractivity contribution in [2.24, 2.45) is 0 Å². The van der Waals surface area contributed by atoms with Crippen LogP contribution in [0.2, 0.25) is 0 Å². The Bertz CT molecular complexity index is 1500. The molecule has 0 radical (unpaired) electrons. The summed E-state index contributed by atoms with van der Waals surface area (Å²) >= 11 is 0. The second-order valence-corrected chi connectivity index (χ2v) is 8.69. The minimum atomic E-state index is -1.46. The first-order valence-electron chi connectivity index (χ1n) is 11.9. The Labute approximate surface area is 221 Å². The van der Waals surface area contributed by atoms with Crippen LogP contribution in [0.25, 0.3) is 0 Å². The van der Waals surface area contributed by atoms with Crippen LogP contribution in [-0.4, -0.2) is 52.9 Å². The molecule has 0 bridgehead atoms. The average molecular weight is 541 g/mol. The second kappa shape index (κ2) is 12.0. The standard InChI is InChI=1S/C27H25FN2O9/c1-16(31)37-15-22-21(38-14-17-7-4-3-5-8-17)12-23(39-22)29-13-20(28)25(33)30(27(29)35)24(32)18-9-6-10-19(11-18)26(34)36-2/h3-11,13,21-23H,12,14-15H2,1-2H3/t21?,22-,23-/m0/s1. The molecule has 1 aromatic heterocycles. The number of carbonyl (C=O) groups excluding carboxylic acids is 3. The molecule has 39 heavy (non-hydrogen) atoms. The maximum absolute atomic E-state index is 14.8. The summed E-state index contributed by atoms with van der Waals surface area (Å²) in [6.07, 6.45) is -1.94. The van der Waals surface area contributed by atoms with Crippen molar-refractivity contribution in [3.63, 3.8) is 0 Å². The van der Waals surface area contributed by atoms with Gasteiger partial charge < -0.3 is 18.9 Å². The molecule has 0 N–H and O–H groups in total. The molecule has 1 aliphatic rings. The van der Waals surface area contributed by atoms with Gasteiger partial charge in [-0.25, -0.2) is 9.59 Å². The first kappa shape index (κ1) is 27.6. The summed E-state index contributed by atoms with van der Waals surface area (Å²) in [5.41, 5.74) is -1.97. The zero-order valence-corrected chi connectivity index (χ0v) is 21.1. The predicted octanol–water partition coefficient (Wildman–Crippen LogP) is 2.06. The summed E-state index contributed by atoms with van der Waals surface area (Å²) in [6.45, 7) is 1.22. The van der Waals surface area contributed by atoms with Crippen LogP contribution in [-0.2, 0) is 30.3 Å². The molecule has 0 aliphatic carbocycles. The lowest BCUT2D eigenvalue weighted by Gasteiger charge is -2.18. The highest BCUT2D eigenvalue weighted by atomic mass is 19.1. The molecule has 204 valence electrons. The van der Waals surface area contributed by atoms with Crippen LogP contribution < -0.4 is 11.2 Å². The molecule has 3 atom stereocenters. The zero-order chi connectivity index (χ0) is 28.1. The van der Waals surface area contributed by atoms with Gasteiger partial charge in [-0.05, 0) is 23.8 Å². The fourth-order valence-corrected chi connectivity index (χ4v) is 4.13. The number of benzene rings is 2. The number of esters is 2. The summed E-state index contributed by atoms with van der Waals surface area (Å²) < 4.78 is 37.2.